The van der Waals surface area contributed by atoms with Crippen LogP contribution in [0.2, 0.25) is 10.0 Å². The van der Waals surface area contributed by atoms with E-state index in [0.717, 1.165) is 0 Å². The van der Waals surface area contributed by atoms with E-state index in [2.05, 4.69) is 5.32 Å². The molecule has 3 nitrogen and oxygen atoms in total. The predicted octanol–water partition coefficient (Wildman–Crippen LogP) is 3.40. The van der Waals surface area contributed by atoms with Crippen molar-refractivity contribution < 1.29 is 8.42 Å². The van der Waals surface area contributed by atoms with Crippen LogP contribution in [0.5, 0.6) is 0 Å². The predicted molar refractivity (Wildman–Crippen MR) is 80.8 cm³/mol. The Labute approximate surface area is 125 Å². The topological polar surface area (TPSA) is 46.2 Å². The van der Waals surface area contributed by atoms with Gasteiger partial charge >= 0.3 is 0 Å². The van der Waals surface area contributed by atoms with Gasteiger partial charge in [-0.1, -0.05) is 44.0 Å². The maximum Gasteiger partial charge on any atom is 0.181 e. The van der Waals surface area contributed by atoms with Crippen LogP contribution in [0.25, 0.3) is 0 Å². The molecule has 1 unspecified atom stereocenters. The van der Waals surface area contributed by atoms with Crippen LogP contribution in [0.1, 0.15) is 20.8 Å². The number of nitrogens with one attached hydrogen (secondary N) is 1. The molecule has 0 bridgehead atoms. The minimum Gasteiger partial charge on any atom is -0.315 e. The fourth-order valence-corrected chi connectivity index (χ4v) is 4.45. The summed E-state index contributed by atoms with van der Waals surface area (Å²) >= 11 is 11.8. The van der Waals surface area contributed by atoms with Gasteiger partial charge in [0.2, 0.25) is 0 Å². The third-order valence-corrected chi connectivity index (χ3v) is 5.47. The van der Waals surface area contributed by atoms with Crippen molar-refractivity contribution in [3.8, 4) is 0 Å². The van der Waals surface area contributed by atoms with E-state index in [1.165, 1.54) is 12.1 Å². The Morgan fingerprint density at radius 2 is 1.84 bits per heavy atom. The van der Waals surface area contributed by atoms with Crippen LogP contribution >= 0.6 is 23.2 Å². The minimum absolute atomic E-state index is 0.0208. The van der Waals surface area contributed by atoms with E-state index in [1.807, 2.05) is 20.8 Å². The summed E-state index contributed by atoms with van der Waals surface area (Å²) in [6.45, 7) is 5.97. The van der Waals surface area contributed by atoms with Crippen molar-refractivity contribution >= 4 is 33.0 Å². The van der Waals surface area contributed by atoms with Gasteiger partial charge in [-0.2, -0.15) is 0 Å². The van der Waals surface area contributed by atoms with Gasteiger partial charge in [-0.3, -0.25) is 0 Å². The SMILES string of the molecule is CNC(CS(=O)(=O)c1cc(Cl)ccc1Cl)C(C)(C)C. The summed E-state index contributed by atoms with van der Waals surface area (Å²) in [5.74, 6) is -0.0208. The molecule has 6 heteroatoms. The average molecular weight is 324 g/mol. The van der Waals surface area contributed by atoms with Crippen LogP contribution in [0.15, 0.2) is 23.1 Å². The van der Waals surface area contributed by atoms with E-state index in [1.54, 1.807) is 13.1 Å². The molecule has 0 aliphatic rings. The third kappa shape index (κ3) is 4.35. The van der Waals surface area contributed by atoms with Crippen molar-refractivity contribution in [3.63, 3.8) is 0 Å². The molecule has 0 spiro atoms. The summed E-state index contributed by atoms with van der Waals surface area (Å²) < 4.78 is 24.9. The second-order valence-corrected chi connectivity index (χ2v) is 8.41. The maximum atomic E-state index is 12.4. The second-order valence-electron chi connectivity index (χ2n) is 5.56. The normalized spacial score (nSPS) is 14.4. The third-order valence-electron chi connectivity index (χ3n) is 3.01. The summed E-state index contributed by atoms with van der Waals surface area (Å²) in [4.78, 5) is 0.0890. The highest BCUT2D eigenvalue weighted by molar-refractivity contribution is 7.91. The average Bonchev–Trinajstić information content (AvgIpc) is 2.27. The first kappa shape index (κ1) is 16.8. The largest absolute Gasteiger partial charge is 0.315 e. The highest BCUT2D eigenvalue weighted by Gasteiger charge is 2.30. The molecule has 1 N–H and O–H groups in total. The lowest BCUT2D eigenvalue weighted by atomic mass is 9.88. The monoisotopic (exact) mass is 323 g/mol. The number of sulfone groups is 1. The highest BCUT2D eigenvalue weighted by atomic mass is 35.5. The van der Waals surface area contributed by atoms with Gasteiger partial charge in [-0.05, 0) is 30.7 Å². The van der Waals surface area contributed by atoms with Gasteiger partial charge in [0.05, 0.1) is 15.7 Å². The van der Waals surface area contributed by atoms with E-state index in [9.17, 15) is 8.42 Å². The molecule has 1 aromatic rings. The van der Waals surface area contributed by atoms with Crippen LogP contribution < -0.4 is 5.32 Å². The summed E-state index contributed by atoms with van der Waals surface area (Å²) in [5.41, 5.74) is -0.174. The Hall–Kier alpha value is -0.290. The second kappa shape index (κ2) is 6.00. The van der Waals surface area contributed by atoms with Crippen molar-refractivity contribution in [2.45, 2.75) is 31.7 Å². The molecule has 1 rings (SSSR count). The quantitative estimate of drug-likeness (QED) is 0.923. The fraction of sp³-hybridized carbons (Fsp3) is 0.538. The zero-order valence-electron chi connectivity index (χ0n) is 11.5. The van der Waals surface area contributed by atoms with Gasteiger partial charge in [-0.15, -0.1) is 0 Å². The lowest BCUT2D eigenvalue weighted by Gasteiger charge is -2.30. The van der Waals surface area contributed by atoms with Crippen molar-refractivity contribution in [1.29, 1.82) is 0 Å². The van der Waals surface area contributed by atoms with Gasteiger partial charge in [0.1, 0.15) is 0 Å². The van der Waals surface area contributed by atoms with E-state index in [-0.39, 0.29) is 27.1 Å². The molecule has 1 aromatic carbocycles. The summed E-state index contributed by atoms with van der Waals surface area (Å²) in [7, 11) is -1.73. The van der Waals surface area contributed by atoms with Gasteiger partial charge in [0.15, 0.2) is 9.84 Å². The molecule has 0 radical (unpaired) electrons. The number of hydrogen-bond donors (Lipinski definition) is 1. The van der Waals surface area contributed by atoms with Crippen LogP contribution in [0.4, 0.5) is 0 Å². The summed E-state index contributed by atoms with van der Waals surface area (Å²) in [5, 5.41) is 3.61. The van der Waals surface area contributed by atoms with Crippen molar-refractivity contribution in [2.24, 2.45) is 5.41 Å². The van der Waals surface area contributed by atoms with Gasteiger partial charge in [0, 0.05) is 11.1 Å². The molecular weight excluding hydrogens is 305 g/mol. The standard InChI is InChI=1S/C13H19Cl2NO2S/c1-13(2,3)12(16-4)8-19(17,18)11-7-9(14)5-6-10(11)15/h5-7,12,16H,8H2,1-4H3. The van der Waals surface area contributed by atoms with Crippen molar-refractivity contribution in [3.05, 3.63) is 28.2 Å². The first-order chi connectivity index (χ1) is 8.58. The number of rotatable bonds is 4. The Kier molecular flexibility index (Phi) is 5.29. The molecule has 0 aliphatic heterocycles. The van der Waals surface area contributed by atoms with Crippen molar-refractivity contribution in [1.82, 2.24) is 5.32 Å². The zero-order chi connectivity index (χ0) is 14.8. The molecule has 0 amide bonds. The number of halogens is 2. The van der Waals surface area contributed by atoms with Crippen LogP contribution in [0, 0.1) is 5.41 Å². The summed E-state index contributed by atoms with van der Waals surface area (Å²) in [6, 6.07) is 4.30. The molecule has 0 fully saturated rings. The zero-order valence-corrected chi connectivity index (χ0v) is 13.8. The van der Waals surface area contributed by atoms with Crippen LogP contribution in [0.3, 0.4) is 0 Å². The van der Waals surface area contributed by atoms with E-state index in [4.69, 9.17) is 23.2 Å². The van der Waals surface area contributed by atoms with E-state index in [0.29, 0.717) is 5.02 Å². The Balaban J connectivity index is 3.14. The maximum absolute atomic E-state index is 12.4. The molecule has 1 atom stereocenters. The van der Waals surface area contributed by atoms with Crippen LogP contribution in [-0.4, -0.2) is 27.3 Å². The Bertz CT molecular complexity index is 550. The number of benzene rings is 1. The van der Waals surface area contributed by atoms with Crippen LogP contribution in [-0.2, 0) is 9.84 Å². The molecule has 0 saturated carbocycles. The Morgan fingerprint density at radius 1 is 1.26 bits per heavy atom. The molecule has 0 saturated heterocycles. The highest BCUT2D eigenvalue weighted by Crippen LogP contribution is 2.28. The van der Waals surface area contributed by atoms with Crippen molar-refractivity contribution in [2.75, 3.05) is 12.8 Å². The number of hydrogen-bond acceptors (Lipinski definition) is 3. The lowest BCUT2D eigenvalue weighted by molar-refractivity contribution is 0.302. The molecule has 0 aromatic heterocycles. The molecule has 108 valence electrons. The Morgan fingerprint density at radius 3 is 2.32 bits per heavy atom. The first-order valence-corrected chi connectivity index (χ1v) is 8.34. The summed E-state index contributed by atoms with van der Waals surface area (Å²) in [6.07, 6.45) is 0. The van der Waals surface area contributed by atoms with Gasteiger partial charge in [-0.25, -0.2) is 8.42 Å². The smallest absolute Gasteiger partial charge is 0.181 e. The minimum atomic E-state index is -3.49. The van der Waals surface area contributed by atoms with E-state index < -0.39 is 9.84 Å². The van der Waals surface area contributed by atoms with Gasteiger partial charge < -0.3 is 5.32 Å². The molecular formula is C13H19Cl2NO2S. The first-order valence-electron chi connectivity index (χ1n) is 5.93. The molecule has 0 heterocycles. The molecule has 19 heavy (non-hydrogen) atoms. The van der Waals surface area contributed by atoms with E-state index >= 15 is 0 Å². The fourth-order valence-electron chi connectivity index (χ4n) is 1.79. The van der Waals surface area contributed by atoms with Gasteiger partial charge in [0.25, 0.3) is 0 Å². The molecule has 0 aliphatic carbocycles. The lowest BCUT2D eigenvalue weighted by Crippen LogP contribution is -2.43.